The molecule has 0 aromatic carbocycles. The van der Waals surface area contributed by atoms with Crippen molar-refractivity contribution in [1.29, 1.82) is 0 Å². The van der Waals surface area contributed by atoms with E-state index < -0.39 is 30.6 Å². The molecule has 0 aliphatic rings. The van der Waals surface area contributed by atoms with Crippen molar-refractivity contribution < 1.29 is 85.8 Å². The van der Waals surface area contributed by atoms with Gasteiger partial charge in [-0.05, 0) is 0 Å². The molecule has 0 heterocycles. The van der Waals surface area contributed by atoms with Gasteiger partial charge in [-0.3, -0.25) is 0 Å². The Morgan fingerprint density at radius 1 is 1.11 bits per heavy atom. The summed E-state index contributed by atoms with van der Waals surface area (Å²) >= 11 is 0. The van der Waals surface area contributed by atoms with Crippen LogP contribution < -0.4 is 51.4 Å². The van der Waals surface area contributed by atoms with Crippen LogP contribution in [0.2, 0.25) is 0 Å². The molecule has 0 aliphatic carbocycles. The van der Waals surface area contributed by atoms with Gasteiger partial charge >= 0.3 is 63.3 Å². The standard InChI is InChI=1S/C10H18NO7.K/c1-11-4-10(5-12,6-17-2-8(13)14)7-18-3-9(15)16;/h12H,2-7H2,1H3,(H,13,14)(H,15,16);/q-1;+1. The number of rotatable bonds is 11. The van der Waals surface area contributed by atoms with Crippen LogP contribution in [-0.2, 0) is 19.1 Å². The largest absolute Gasteiger partial charge is 1.00 e. The molecule has 0 amide bonds. The number of aliphatic hydroxyl groups is 1. The van der Waals surface area contributed by atoms with E-state index in [-0.39, 0.29) is 77.7 Å². The molecule has 0 spiro atoms. The second-order valence-electron chi connectivity index (χ2n) is 3.91. The maximum atomic E-state index is 10.3. The Labute approximate surface area is 153 Å². The number of carboxylic acid groups (broad SMARTS) is 2. The summed E-state index contributed by atoms with van der Waals surface area (Å²) in [4.78, 5) is 20.6. The first-order valence-electron chi connectivity index (χ1n) is 5.21. The Hall–Kier alpha value is 0.416. The van der Waals surface area contributed by atoms with Crippen molar-refractivity contribution in [2.75, 3.05) is 46.6 Å². The summed E-state index contributed by atoms with van der Waals surface area (Å²) < 4.78 is 9.83. The maximum Gasteiger partial charge on any atom is 1.00 e. The first-order valence-corrected chi connectivity index (χ1v) is 5.21. The molecule has 0 aliphatic heterocycles. The van der Waals surface area contributed by atoms with Gasteiger partial charge in [-0.25, -0.2) is 9.59 Å². The Bertz CT molecular complexity index is 255. The average Bonchev–Trinajstić information content (AvgIpc) is 2.28. The molecule has 0 radical (unpaired) electrons. The summed E-state index contributed by atoms with van der Waals surface area (Å²) in [5.41, 5.74) is -0.917. The maximum absolute atomic E-state index is 10.3. The van der Waals surface area contributed by atoms with E-state index in [1.807, 2.05) is 0 Å². The zero-order valence-electron chi connectivity index (χ0n) is 11.2. The molecule has 0 aromatic heterocycles. The van der Waals surface area contributed by atoms with E-state index in [9.17, 15) is 14.7 Å². The third-order valence-corrected chi connectivity index (χ3v) is 2.10. The average molecular weight is 303 g/mol. The van der Waals surface area contributed by atoms with Crippen LogP contribution in [0, 0.1) is 5.41 Å². The summed E-state index contributed by atoms with van der Waals surface area (Å²) in [6, 6.07) is 0. The fourth-order valence-electron chi connectivity index (χ4n) is 1.32. The summed E-state index contributed by atoms with van der Waals surface area (Å²) in [6.07, 6.45) is 0. The summed E-state index contributed by atoms with van der Waals surface area (Å²) in [7, 11) is 1.53. The van der Waals surface area contributed by atoms with Gasteiger partial charge in [-0.2, -0.15) is 7.05 Å². The van der Waals surface area contributed by atoms with Gasteiger partial charge in [0.2, 0.25) is 0 Å². The Morgan fingerprint density at radius 2 is 1.53 bits per heavy atom. The van der Waals surface area contributed by atoms with Gasteiger partial charge in [-0.1, -0.05) is 0 Å². The molecule has 0 bridgehead atoms. The normalized spacial score (nSPS) is 10.8. The number of aliphatic carboxylic acids is 2. The van der Waals surface area contributed by atoms with Crippen LogP contribution in [0.1, 0.15) is 0 Å². The van der Waals surface area contributed by atoms with Gasteiger partial charge in [0, 0.05) is 5.41 Å². The number of nitrogens with zero attached hydrogens (tertiary/aromatic N) is 1. The van der Waals surface area contributed by atoms with Crippen LogP contribution in [0.25, 0.3) is 5.32 Å². The molecular weight excluding hydrogens is 285 g/mol. The van der Waals surface area contributed by atoms with Crippen molar-refractivity contribution >= 4 is 11.9 Å². The number of aliphatic hydroxyl groups excluding tert-OH is 1. The van der Waals surface area contributed by atoms with Crippen LogP contribution in [-0.4, -0.2) is 73.9 Å². The minimum absolute atomic E-state index is 0. The van der Waals surface area contributed by atoms with Gasteiger partial charge in [0.15, 0.2) is 0 Å². The van der Waals surface area contributed by atoms with E-state index in [0.717, 1.165) is 0 Å². The van der Waals surface area contributed by atoms with Crippen molar-refractivity contribution in [1.82, 2.24) is 0 Å². The molecule has 0 saturated carbocycles. The number of carboxylic acids is 2. The third-order valence-electron chi connectivity index (χ3n) is 2.10. The Kier molecular flexibility index (Phi) is 13.9. The fraction of sp³-hybridized carbons (Fsp3) is 0.800. The van der Waals surface area contributed by atoms with E-state index in [1.165, 1.54) is 7.05 Å². The van der Waals surface area contributed by atoms with Gasteiger partial charge in [0.05, 0.1) is 19.8 Å². The van der Waals surface area contributed by atoms with Crippen molar-refractivity contribution in [2.24, 2.45) is 5.41 Å². The van der Waals surface area contributed by atoms with E-state index in [0.29, 0.717) is 0 Å². The SMILES string of the molecule is C[N-]CC(CO)(COCC(=O)O)COCC(=O)O.[K+]. The van der Waals surface area contributed by atoms with Crippen LogP contribution in [0.3, 0.4) is 0 Å². The van der Waals surface area contributed by atoms with Crippen molar-refractivity contribution in [3.05, 3.63) is 5.32 Å². The predicted molar refractivity (Wildman–Crippen MR) is 60.6 cm³/mol. The number of hydrogen-bond acceptors (Lipinski definition) is 5. The molecule has 106 valence electrons. The molecule has 0 aromatic rings. The van der Waals surface area contributed by atoms with E-state index in [1.54, 1.807) is 0 Å². The molecule has 3 N–H and O–H groups in total. The van der Waals surface area contributed by atoms with E-state index >= 15 is 0 Å². The molecule has 0 unspecified atom stereocenters. The number of ether oxygens (including phenoxy) is 2. The molecule has 0 saturated heterocycles. The minimum atomic E-state index is -1.12. The zero-order chi connectivity index (χ0) is 14.0. The number of carbonyl (C=O) groups is 2. The second-order valence-corrected chi connectivity index (χ2v) is 3.91. The van der Waals surface area contributed by atoms with Crippen LogP contribution in [0.15, 0.2) is 0 Å². The molecule has 0 fully saturated rings. The van der Waals surface area contributed by atoms with Crippen molar-refractivity contribution in [2.45, 2.75) is 0 Å². The fourth-order valence-corrected chi connectivity index (χ4v) is 1.32. The first kappa shape index (κ1) is 21.7. The topological polar surface area (TPSA) is 127 Å². The summed E-state index contributed by atoms with van der Waals surface area (Å²) in [5.74, 6) is -2.25. The number of hydrogen-bond donors (Lipinski definition) is 3. The van der Waals surface area contributed by atoms with Crippen LogP contribution in [0.4, 0.5) is 0 Å². The molecule has 8 nitrogen and oxygen atoms in total. The molecule has 19 heavy (non-hydrogen) atoms. The Balaban J connectivity index is 0. The monoisotopic (exact) mass is 303 g/mol. The van der Waals surface area contributed by atoms with Gasteiger partial charge in [0.1, 0.15) is 13.2 Å². The van der Waals surface area contributed by atoms with Crippen molar-refractivity contribution in [3.8, 4) is 0 Å². The van der Waals surface area contributed by atoms with Crippen LogP contribution in [0.5, 0.6) is 0 Å². The van der Waals surface area contributed by atoms with E-state index in [4.69, 9.17) is 19.7 Å². The molecule has 9 heteroatoms. The molecule has 0 rings (SSSR count). The van der Waals surface area contributed by atoms with Gasteiger partial charge in [0.25, 0.3) is 0 Å². The van der Waals surface area contributed by atoms with E-state index in [2.05, 4.69) is 5.32 Å². The van der Waals surface area contributed by atoms with Gasteiger partial charge < -0.3 is 30.1 Å². The molecule has 0 atom stereocenters. The third kappa shape index (κ3) is 10.8. The quantitative estimate of drug-likeness (QED) is 0.334. The van der Waals surface area contributed by atoms with Crippen molar-refractivity contribution in [3.63, 3.8) is 0 Å². The smallest absolute Gasteiger partial charge is 0.664 e. The summed E-state index contributed by atoms with van der Waals surface area (Å²) in [6.45, 7) is -1.30. The summed E-state index contributed by atoms with van der Waals surface area (Å²) in [5, 5.41) is 30.1. The predicted octanol–water partition coefficient (Wildman–Crippen LogP) is -3.82. The Morgan fingerprint density at radius 3 is 1.79 bits per heavy atom. The first-order chi connectivity index (χ1) is 8.45. The second kappa shape index (κ2) is 12.2. The van der Waals surface area contributed by atoms with Gasteiger partial charge in [-0.15, -0.1) is 6.54 Å². The van der Waals surface area contributed by atoms with Crippen LogP contribution >= 0.6 is 0 Å². The minimum Gasteiger partial charge on any atom is -0.664 e. The zero-order valence-corrected chi connectivity index (χ0v) is 14.3. The molecular formula is C10H18KNO7.